The fourth-order valence-corrected chi connectivity index (χ4v) is 4.15. The molecule has 1 fully saturated rings. The highest BCUT2D eigenvalue weighted by Gasteiger charge is 2.47. The molecule has 156 valence electrons. The standard InChI is InChI=1S/C24H16Cl2FNO3/c1-13-6-8-14(9-7-13)22(29)20-21(18-4-2-3-5-19(18)27)28(24(31)23(20)30)17-11-15(25)10-16(26)12-17/h2-12,21,29H,1H3/b22-20+. The third-order valence-corrected chi connectivity index (χ3v) is 5.53. The molecule has 1 N–H and O–H groups in total. The molecule has 7 heteroatoms. The van der Waals surface area contributed by atoms with Gasteiger partial charge in [-0.05, 0) is 31.2 Å². The minimum Gasteiger partial charge on any atom is -0.507 e. The monoisotopic (exact) mass is 455 g/mol. The van der Waals surface area contributed by atoms with E-state index in [1.807, 2.05) is 6.92 Å². The van der Waals surface area contributed by atoms with E-state index in [2.05, 4.69) is 0 Å². The minimum atomic E-state index is -1.20. The van der Waals surface area contributed by atoms with Crippen LogP contribution in [0.3, 0.4) is 0 Å². The topological polar surface area (TPSA) is 57.6 Å². The van der Waals surface area contributed by atoms with E-state index in [-0.39, 0.29) is 32.6 Å². The SMILES string of the molecule is Cc1ccc(/C(O)=C2\C(=O)C(=O)N(c3cc(Cl)cc(Cl)c3)C2c2ccccc2F)cc1. The molecule has 3 aromatic rings. The Morgan fingerprint density at radius 2 is 1.58 bits per heavy atom. The fraction of sp³-hybridized carbons (Fsp3) is 0.0833. The number of carbonyl (C=O) groups is 2. The number of ketones is 1. The lowest BCUT2D eigenvalue weighted by Crippen LogP contribution is -2.29. The molecule has 1 amide bonds. The van der Waals surface area contributed by atoms with Crippen LogP contribution < -0.4 is 4.90 Å². The molecule has 1 saturated heterocycles. The number of carbonyl (C=O) groups excluding carboxylic acids is 2. The molecule has 4 rings (SSSR count). The van der Waals surface area contributed by atoms with Crippen LogP contribution in [0.5, 0.6) is 0 Å². The first-order valence-electron chi connectivity index (χ1n) is 9.36. The Hall–Kier alpha value is -3.15. The third-order valence-electron chi connectivity index (χ3n) is 5.09. The molecule has 0 saturated carbocycles. The zero-order valence-electron chi connectivity index (χ0n) is 16.3. The number of benzene rings is 3. The molecule has 1 aliphatic heterocycles. The maximum Gasteiger partial charge on any atom is 0.300 e. The van der Waals surface area contributed by atoms with E-state index in [9.17, 15) is 19.1 Å². The van der Waals surface area contributed by atoms with Crippen molar-refractivity contribution in [2.75, 3.05) is 4.90 Å². The van der Waals surface area contributed by atoms with Gasteiger partial charge in [-0.1, -0.05) is 71.2 Å². The summed E-state index contributed by atoms with van der Waals surface area (Å²) < 4.78 is 14.8. The van der Waals surface area contributed by atoms with Gasteiger partial charge in [0.05, 0.1) is 11.6 Å². The van der Waals surface area contributed by atoms with Crippen LogP contribution in [0.4, 0.5) is 10.1 Å². The molecular weight excluding hydrogens is 440 g/mol. The second kappa shape index (κ2) is 8.17. The van der Waals surface area contributed by atoms with Gasteiger partial charge in [-0.3, -0.25) is 14.5 Å². The number of rotatable bonds is 3. The van der Waals surface area contributed by atoms with Gasteiger partial charge in [-0.25, -0.2) is 4.39 Å². The van der Waals surface area contributed by atoms with Crippen LogP contribution in [0.1, 0.15) is 22.7 Å². The highest BCUT2D eigenvalue weighted by Crippen LogP contribution is 2.43. The van der Waals surface area contributed by atoms with Crippen molar-refractivity contribution >= 4 is 46.3 Å². The number of aliphatic hydroxyl groups excluding tert-OH is 1. The van der Waals surface area contributed by atoms with E-state index in [4.69, 9.17) is 23.2 Å². The highest BCUT2D eigenvalue weighted by molar-refractivity contribution is 6.52. The van der Waals surface area contributed by atoms with Gasteiger partial charge < -0.3 is 5.11 Å². The molecule has 0 aromatic heterocycles. The van der Waals surface area contributed by atoms with Crippen molar-refractivity contribution in [1.29, 1.82) is 0 Å². The van der Waals surface area contributed by atoms with Crippen LogP contribution in [-0.2, 0) is 9.59 Å². The molecule has 1 unspecified atom stereocenters. The molecule has 31 heavy (non-hydrogen) atoms. The van der Waals surface area contributed by atoms with Crippen molar-refractivity contribution in [3.05, 3.63) is 105 Å². The van der Waals surface area contributed by atoms with Crippen molar-refractivity contribution in [2.45, 2.75) is 13.0 Å². The zero-order valence-corrected chi connectivity index (χ0v) is 17.8. The van der Waals surface area contributed by atoms with E-state index >= 15 is 0 Å². The Morgan fingerprint density at radius 3 is 2.19 bits per heavy atom. The molecule has 0 bridgehead atoms. The van der Waals surface area contributed by atoms with Gasteiger partial charge in [0.25, 0.3) is 11.7 Å². The summed E-state index contributed by atoms with van der Waals surface area (Å²) in [5.74, 6) is -2.85. The van der Waals surface area contributed by atoms with Gasteiger partial charge in [0.15, 0.2) is 0 Å². The summed E-state index contributed by atoms with van der Waals surface area (Å²) in [5.41, 5.74) is 1.36. The van der Waals surface area contributed by atoms with E-state index < -0.39 is 23.5 Å². The molecule has 0 aliphatic carbocycles. The van der Waals surface area contributed by atoms with E-state index in [0.29, 0.717) is 5.56 Å². The first kappa shape index (κ1) is 21.1. The number of halogens is 3. The van der Waals surface area contributed by atoms with Crippen molar-refractivity contribution < 1.29 is 19.1 Å². The number of anilines is 1. The Labute approximate surface area is 188 Å². The van der Waals surface area contributed by atoms with E-state index in [0.717, 1.165) is 10.5 Å². The summed E-state index contributed by atoms with van der Waals surface area (Å²) in [6, 6.07) is 15.8. The predicted molar refractivity (Wildman–Crippen MR) is 119 cm³/mol. The lowest BCUT2D eigenvalue weighted by atomic mass is 9.94. The number of hydrogen-bond acceptors (Lipinski definition) is 3. The van der Waals surface area contributed by atoms with Crippen molar-refractivity contribution in [3.8, 4) is 0 Å². The average molecular weight is 456 g/mol. The van der Waals surface area contributed by atoms with Crippen LogP contribution >= 0.6 is 23.2 Å². The first-order chi connectivity index (χ1) is 14.8. The normalized spacial score (nSPS) is 17.9. The third kappa shape index (κ3) is 3.82. The Morgan fingerprint density at radius 1 is 0.968 bits per heavy atom. The average Bonchev–Trinajstić information content (AvgIpc) is 2.98. The molecule has 0 spiro atoms. The second-order valence-electron chi connectivity index (χ2n) is 7.18. The van der Waals surface area contributed by atoms with Gasteiger partial charge in [0.2, 0.25) is 0 Å². The van der Waals surface area contributed by atoms with E-state index in [1.54, 1.807) is 30.3 Å². The van der Waals surface area contributed by atoms with Crippen LogP contribution in [-0.4, -0.2) is 16.8 Å². The van der Waals surface area contributed by atoms with Crippen LogP contribution in [0.25, 0.3) is 5.76 Å². The molecule has 0 radical (unpaired) electrons. The van der Waals surface area contributed by atoms with Gasteiger partial charge in [0, 0.05) is 26.9 Å². The quantitative estimate of drug-likeness (QED) is 0.296. The maximum absolute atomic E-state index is 14.8. The first-order valence-corrected chi connectivity index (χ1v) is 10.1. The maximum atomic E-state index is 14.8. The number of Topliss-reactive ketones (excluding diaryl/α,β-unsaturated/α-hetero) is 1. The number of aliphatic hydroxyl groups is 1. The van der Waals surface area contributed by atoms with Gasteiger partial charge >= 0.3 is 0 Å². The molecule has 3 aromatic carbocycles. The summed E-state index contributed by atoms with van der Waals surface area (Å²) in [4.78, 5) is 27.2. The predicted octanol–water partition coefficient (Wildman–Crippen LogP) is 6.07. The van der Waals surface area contributed by atoms with Crippen molar-refractivity contribution in [3.63, 3.8) is 0 Å². The lowest BCUT2D eigenvalue weighted by Gasteiger charge is -2.26. The number of aryl methyl sites for hydroxylation is 1. The van der Waals surface area contributed by atoms with Gasteiger partial charge in [-0.15, -0.1) is 0 Å². The second-order valence-corrected chi connectivity index (χ2v) is 8.06. The minimum absolute atomic E-state index is 0.0615. The van der Waals surface area contributed by atoms with Gasteiger partial charge in [-0.2, -0.15) is 0 Å². The zero-order chi connectivity index (χ0) is 22.3. The summed E-state index contributed by atoms with van der Waals surface area (Å²) in [5, 5.41) is 11.5. The molecular formula is C24H16Cl2FNO3. The Balaban J connectivity index is 1.99. The molecule has 1 atom stereocenters. The molecule has 1 heterocycles. The summed E-state index contributed by atoms with van der Waals surface area (Å²) in [6.45, 7) is 1.88. The molecule has 4 nitrogen and oxygen atoms in total. The van der Waals surface area contributed by atoms with Crippen LogP contribution in [0.2, 0.25) is 10.0 Å². The molecule has 1 aliphatic rings. The van der Waals surface area contributed by atoms with Gasteiger partial charge in [0.1, 0.15) is 11.6 Å². The highest BCUT2D eigenvalue weighted by atomic mass is 35.5. The summed E-state index contributed by atoms with van der Waals surface area (Å²) >= 11 is 12.2. The Bertz CT molecular complexity index is 1220. The fourth-order valence-electron chi connectivity index (χ4n) is 3.64. The van der Waals surface area contributed by atoms with Crippen LogP contribution in [0, 0.1) is 12.7 Å². The lowest BCUT2D eigenvalue weighted by molar-refractivity contribution is -0.132. The number of nitrogens with zero attached hydrogens (tertiary/aromatic N) is 1. The number of amides is 1. The summed E-state index contributed by atoms with van der Waals surface area (Å²) in [7, 11) is 0. The largest absolute Gasteiger partial charge is 0.507 e. The number of hydrogen-bond donors (Lipinski definition) is 1. The van der Waals surface area contributed by atoms with Crippen molar-refractivity contribution in [2.24, 2.45) is 0 Å². The summed E-state index contributed by atoms with van der Waals surface area (Å²) in [6.07, 6.45) is 0. The van der Waals surface area contributed by atoms with E-state index in [1.165, 1.54) is 36.4 Å². The van der Waals surface area contributed by atoms with Crippen molar-refractivity contribution in [1.82, 2.24) is 0 Å². The van der Waals surface area contributed by atoms with Crippen LogP contribution in [0.15, 0.2) is 72.3 Å². The Kier molecular flexibility index (Phi) is 5.56. The smallest absolute Gasteiger partial charge is 0.300 e.